The molecule has 0 bridgehead atoms. The second kappa shape index (κ2) is 8.68. The molecule has 0 saturated heterocycles. The number of ether oxygens (including phenoxy) is 2. The van der Waals surface area contributed by atoms with Gasteiger partial charge in [0.1, 0.15) is 6.61 Å². The molecule has 2 saturated carbocycles. The summed E-state index contributed by atoms with van der Waals surface area (Å²) in [5, 5.41) is 4.86. The van der Waals surface area contributed by atoms with E-state index in [-0.39, 0.29) is 17.2 Å². The number of hydrogen-bond donors (Lipinski definition) is 1. The lowest BCUT2D eigenvalue weighted by atomic mass is 9.90. The van der Waals surface area contributed by atoms with Crippen molar-refractivity contribution in [3.63, 3.8) is 0 Å². The van der Waals surface area contributed by atoms with Crippen molar-refractivity contribution in [3.05, 3.63) is 58.6 Å². The van der Waals surface area contributed by atoms with Gasteiger partial charge < -0.3 is 9.47 Å². The number of rotatable bonds is 7. The maximum absolute atomic E-state index is 12.5. The van der Waals surface area contributed by atoms with Gasteiger partial charge in [-0.2, -0.15) is 5.10 Å². The fourth-order valence-corrected chi connectivity index (χ4v) is 4.84. The first kappa shape index (κ1) is 20.7. The van der Waals surface area contributed by atoms with Crippen LogP contribution < -0.4 is 14.9 Å². The van der Waals surface area contributed by atoms with Gasteiger partial charge >= 0.3 is 0 Å². The first-order valence-corrected chi connectivity index (χ1v) is 10.8. The molecule has 2 aromatic carbocycles. The minimum absolute atomic E-state index is 0.0375. The number of hydrazone groups is 1. The van der Waals surface area contributed by atoms with E-state index in [0.717, 1.165) is 24.0 Å². The van der Waals surface area contributed by atoms with Gasteiger partial charge in [0.25, 0.3) is 0 Å². The van der Waals surface area contributed by atoms with Crippen molar-refractivity contribution in [2.75, 3.05) is 7.11 Å². The van der Waals surface area contributed by atoms with Crippen LogP contribution in [0.3, 0.4) is 0 Å². The van der Waals surface area contributed by atoms with E-state index < -0.39 is 0 Å². The Morgan fingerprint density at radius 1 is 1.23 bits per heavy atom. The average Bonchev–Trinajstić information content (AvgIpc) is 3.39. The molecule has 2 aliphatic carbocycles. The first-order valence-electron chi connectivity index (χ1n) is 10.4. The van der Waals surface area contributed by atoms with Crippen molar-refractivity contribution in [3.8, 4) is 11.5 Å². The Labute approximate surface area is 182 Å². The highest BCUT2D eigenvalue weighted by molar-refractivity contribution is 6.30. The third kappa shape index (κ3) is 4.31. The molecule has 0 aliphatic heterocycles. The number of hydrogen-bond acceptors (Lipinski definition) is 4. The highest BCUT2D eigenvalue weighted by atomic mass is 35.5. The van der Waals surface area contributed by atoms with E-state index in [9.17, 15) is 4.79 Å². The molecule has 30 heavy (non-hydrogen) atoms. The Bertz CT molecular complexity index is 944. The summed E-state index contributed by atoms with van der Waals surface area (Å²) in [6.07, 6.45) is 6.41. The molecule has 6 heteroatoms. The van der Waals surface area contributed by atoms with E-state index >= 15 is 0 Å². The third-order valence-corrected chi connectivity index (χ3v) is 6.75. The summed E-state index contributed by atoms with van der Waals surface area (Å²) in [6, 6.07) is 13.1. The first-order chi connectivity index (χ1) is 14.5. The number of amides is 1. The van der Waals surface area contributed by atoms with Crippen LogP contribution in [-0.2, 0) is 11.4 Å². The fraction of sp³-hybridized carbons (Fsp3) is 0.417. The van der Waals surface area contributed by atoms with Gasteiger partial charge in [0.05, 0.1) is 13.3 Å². The summed E-state index contributed by atoms with van der Waals surface area (Å²) >= 11 is 5.91. The topological polar surface area (TPSA) is 59.9 Å². The van der Waals surface area contributed by atoms with Crippen molar-refractivity contribution in [2.24, 2.45) is 22.4 Å². The minimum atomic E-state index is 0.0375. The lowest BCUT2D eigenvalue weighted by molar-refractivity contribution is -0.123. The Kier molecular flexibility index (Phi) is 6.00. The predicted octanol–water partition coefficient (Wildman–Crippen LogP) is 5.20. The number of nitrogens with one attached hydrogen (secondary N) is 1. The van der Waals surface area contributed by atoms with E-state index in [1.165, 1.54) is 12.8 Å². The molecule has 0 radical (unpaired) electrons. The van der Waals surface area contributed by atoms with Gasteiger partial charge in [0.15, 0.2) is 11.5 Å². The molecule has 158 valence electrons. The van der Waals surface area contributed by atoms with Gasteiger partial charge in [-0.3, -0.25) is 4.79 Å². The summed E-state index contributed by atoms with van der Waals surface area (Å²) in [4.78, 5) is 12.5. The largest absolute Gasteiger partial charge is 0.493 e. The molecular weight excluding hydrogens is 400 g/mol. The molecule has 2 fully saturated rings. The lowest BCUT2D eigenvalue weighted by Crippen LogP contribution is -2.22. The Morgan fingerprint density at radius 3 is 2.73 bits per heavy atom. The zero-order chi connectivity index (χ0) is 21.1. The van der Waals surface area contributed by atoms with Crippen molar-refractivity contribution < 1.29 is 14.3 Å². The Hall–Kier alpha value is -2.53. The van der Waals surface area contributed by atoms with Crippen molar-refractivity contribution in [1.29, 1.82) is 0 Å². The molecule has 2 aliphatic rings. The van der Waals surface area contributed by atoms with E-state index in [0.29, 0.717) is 29.0 Å². The molecule has 5 nitrogen and oxygen atoms in total. The summed E-state index contributed by atoms with van der Waals surface area (Å²) in [7, 11) is 1.60. The highest BCUT2D eigenvalue weighted by Crippen LogP contribution is 2.66. The van der Waals surface area contributed by atoms with Crippen LogP contribution in [0.1, 0.15) is 43.7 Å². The monoisotopic (exact) mass is 426 g/mol. The SMILES string of the molecule is COc1cc(/C=N/NC(=O)[C@@H]2[C@H]3CCCC[C@]32C)ccc1OCc1ccc(Cl)cc1. The summed E-state index contributed by atoms with van der Waals surface area (Å²) in [6.45, 7) is 2.65. The standard InChI is InChI=1S/C24H27ClN2O3/c1-24-12-4-3-5-19(24)22(24)23(28)27-26-14-17-8-11-20(21(13-17)29-2)30-15-16-6-9-18(25)10-7-16/h6-11,13-14,19,22H,3-5,12,15H2,1-2H3,(H,27,28)/b26-14+/t19-,22+,24-/m1/s1. The van der Waals surface area contributed by atoms with Crippen molar-refractivity contribution in [2.45, 2.75) is 39.2 Å². The van der Waals surface area contributed by atoms with Crippen LogP contribution in [0, 0.1) is 17.3 Å². The molecule has 0 heterocycles. The Balaban J connectivity index is 1.34. The van der Waals surface area contributed by atoms with E-state index in [2.05, 4.69) is 17.5 Å². The quantitative estimate of drug-likeness (QED) is 0.488. The molecule has 0 aromatic heterocycles. The number of carbonyl (C=O) groups is 1. The second-order valence-electron chi connectivity index (χ2n) is 8.40. The Morgan fingerprint density at radius 2 is 2.03 bits per heavy atom. The smallest absolute Gasteiger partial charge is 0.244 e. The number of nitrogens with zero attached hydrogens (tertiary/aromatic N) is 1. The van der Waals surface area contributed by atoms with Crippen LogP contribution in [0.4, 0.5) is 0 Å². The number of fused-ring (bicyclic) bond motifs is 1. The number of methoxy groups -OCH3 is 1. The minimum Gasteiger partial charge on any atom is -0.493 e. The molecule has 0 spiro atoms. The van der Waals surface area contributed by atoms with Gasteiger partial charge in [-0.05, 0) is 65.6 Å². The highest BCUT2D eigenvalue weighted by Gasteiger charge is 2.64. The normalized spacial score (nSPS) is 24.9. The molecule has 1 N–H and O–H groups in total. The molecule has 3 atom stereocenters. The van der Waals surface area contributed by atoms with Gasteiger partial charge in [0, 0.05) is 10.9 Å². The van der Waals surface area contributed by atoms with Crippen molar-refractivity contribution in [1.82, 2.24) is 5.43 Å². The lowest BCUT2D eigenvalue weighted by Gasteiger charge is -2.15. The van der Waals surface area contributed by atoms with E-state index in [1.54, 1.807) is 13.3 Å². The molecule has 4 rings (SSSR count). The number of benzene rings is 2. The van der Waals surface area contributed by atoms with Gasteiger partial charge in [-0.15, -0.1) is 0 Å². The zero-order valence-corrected chi connectivity index (χ0v) is 18.1. The van der Waals surface area contributed by atoms with Crippen LogP contribution >= 0.6 is 11.6 Å². The van der Waals surface area contributed by atoms with E-state index in [1.807, 2.05) is 42.5 Å². The summed E-state index contributed by atoms with van der Waals surface area (Å²) < 4.78 is 11.3. The van der Waals surface area contributed by atoms with Crippen LogP contribution in [0.15, 0.2) is 47.6 Å². The van der Waals surface area contributed by atoms with Gasteiger partial charge in [-0.1, -0.05) is 43.5 Å². The van der Waals surface area contributed by atoms with Crippen LogP contribution in [0.2, 0.25) is 5.02 Å². The maximum atomic E-state index is 12.5. The average molecular weight is 427 g/mol. The molecule has 0 unspecified atom stereocenters. The fourth-order valence-electron chi connectivity index (χ4n) is 4.72. The van der Waals surface area contributed by atoms with Gasteiger partial charge in [-0.25, -0.2) is 5.43 Å². The van der Waals surface area contributed by atoms with Crippen molar-refractivity contribution >= 4 is 23.7 Å². The van der Waals surface area contributed by atoms with Crippen LogP contribution in [-0.4, -0.2) is 19.2 Å². The number of halogens is 1. The second-order valence-corrected chi connectivity index (χ2v) is 8.83. The summed E-state index contributed by atoms with van der Waals surface area (Å²) in [5.41, 5.74) is 4.75. The summed E-state index contributed by atoms with van der Waals surface area (Å²) in [5.74, 6) is 1.92. The van der Waals surface area contributed by atoms with E-state index in [4.69, 9.17) is 21.1 Å². The third-order valence-electron chi connectivity index (χ3n) is 6.50. The molecule has 2 aromatic rings. The number of carbonyl (C=O) groups excluding carboxylic acids is 1. The van der Waals surface area contributed by atoms with Gasteiger partial charge in [0.2, 0.25) is 5.91 Å². The maximum Gasteiger partial charge on any atom is 0.244 e. The zero-order valence-electron chi connectivity index (χ0n) is 17.4. The predicted molar refractivity (Wildman–Crippen MR) is 118 cm³/mol. The van der Waals surface area contributed by atoms with Crippen LogP contribution in [0.5, 0.6) is 11.5 Å². The van der Waals surface area contributed by atoms with Crippen LogP contribution in [0.25, 0.3) is 0 Å². The molecule has 1 amide bonds. The molecular formula is C24H27ClN2O3.